The third-order valence-electron chi connectivity index (χ3n) is 11.1. The van der Waals surface area contributed by atoms with Crippen LogP contribution < -0.4 is 20.5 Å². The topological polar surface area (TPSA) is 149 Å². The number of nitrogens with one attached hydrogen (secondary N) is 1. The summed E-state index contributed by atoms with van der Waals surface area (Å²) in [5.74, 6) is -0.127. The SMILES string of the molecule is CCc1c(N2CCN(C(=O)c3ncnc(C)c3OCc3ccccc3)CC2)c(=O)n2nc(C3=CCC4(CC3)COC4)nc2n1CC(=O)Nc1ccc(C(F)(F)F)cc1Cl. The molecule has 0 radical (unpaired) electrons. The van der Waals surface area contributed by atoms with Crippen molar-refractivity contribution in [2.45, 2.75) is 58.9 Å². The number of benzene rings is 2. The van der Waals surface area contributed by atoms with Crippen molar-refractivity contribution in [2.75, 3.05) is 49.6 Å². The monoisotopic (exact) mass is 831 g/mol. The van der Waals surface area contributed by atoms with Gasteiger partial charge in [-0.2, -0.15) is 22.7 Å². The van der Waals surface area contributed by atoms with Gasteiger partial charge in [0.05, 0.1) is 40.9 Å². The summed E-state index contributed by atoms with van der Waals surface area (Å²) in [7, 11) is 0. The smallest absolute Gasteiger partial charge is 0.416 e. The van der Waals surface area contributed by atoms with E-state index in [1.54, 1.807) is 16.4 Å². The molecule has 5 heterocycles. The van der Waals surface area contributed by atoms with Crippen LogP contribution in [0.15, 0.2) is 65.7 Å². The maximum absolute atomic E-state index is 14.5. The first kappa shape index (κ1) is 40.0. The van der Waals surface area contributed by atoms with Crippen LogP contribution in [0.3, 0.4) is 0 Å². The highest BCUT2D eigenvalue weighted by Crippen LogP contribution is 2.43. The van der Waals surface area contributed by atoms with Crippen LogP contribution in [0.4, 0.5) is 24.5 Å². The highest BCUT2D eigenvalue weighted by atomic mass is 35.5. The molecule has 1 aliphatic carbocycles. The van der Waals surface area contributed by atoms with E-state index in [4.69, 9.17) is 31.2 Å². The fraction of sp³-hybridized carbons (Fsp3) is 0.390. The number of aryl methyl sites for hydroxylation is 1. The molecule has 0 atom stereocenters. The zero-order valence-corrected chi connectivity index (χ0v) is 33.1. The summed E-state index contributed by atoms with van der Waals surface area (Å²) >= 11 is 6.19. The van der Waals surface area contributed by atoms with E-state index in [2.05, 4.69) is 21.4 Å². The van der Waals surface area contributed by atoms with Crippen LogP contribution in [0.2, 0.25) is 5.02 Å². The molecule has 2 aliphatic heterocycles. The van der Waals surface area contributed by atoms with Crippen molar-refractivity contribution >= 4 is 46.1 Å². The predicted molar refractivity (Wildman–Crippen MR) is 212 cm³/mol. The fourth-order valence-corrected chi connectivity index (χ4v) is 8.02. The zero-order valence-electron chi connectivity index (χ0n) is 32.4. The molecule has 2 amide bonds. The number of nitrogens with zero attached hydrogens (tertiary/aromatic N) is 8. The molecule has 0 saturated carbocycles. The Labute approximate surface area is 341 Å². The van der Waals surface area contributed by atoms with Crippen molar-refractivity contribution in [3.05, 3.63) is 110 Å². The number of ether oxygens (including phenoxy) is 2. The van der Waals surface area contributed by atoms with Crippen molar-refractivity contribution in [3.8, 4) is 5.75 Å². The lowest BCUT2D eigenvalue weighted by Crippen LogP contribution is -2.51. The molecule has 1 N–H and O–H groups in total. The molecule has 8 rings (SSSR count). The van der Waals surface area contributed by atoms with Gasteiger partial charge in [-0.1, -0.05) is 54.9 Å². The second kappa shape index (κ2) is 16.1. The van der Waals surface area contributed by atoms with Gasteiger partial charge in [0.1, 0.15) is 25.2 Å². The average Bonchev–Trinajstić information content (AvgIpc) is 3.67. The van der Waals surface area contributed by atoms with E-state index in [9.17, 15) is 27.6 Å². The lowest BCUT2D eigenvalue weighted by Gasteiger charge is -2.43. The number of amides is 2. The van der Waals surface area contributed by atoms with Crippen molar-refractivity contribution in [3.63, 3.8) is 0 Å². The molecular weight excluding hydrogens is 791 g/mol. The fourth-order valence-electron chi connectivity index (χ4n) is 7.79. The van der Waals surface area contributed by atoms with E-state index < -0.39 is 23.2 Å². The van der Waals surface area contributed by atoms with Gasteiger partial charge in [-0.3, -0.25) is 14.4 Å². The Morgan fingerprint density at radius 3 is 2.46 bits per heavy atom. The number of hydrogen-bond donors (Lipinski definition) is 1. The maximum atomic E-state index is 14.5. The van der Waals surface area contributed by atoms with Crippen molar-refractivity contribution in [1.82, 2.24) is 34.0 Å². The number of rotatable bonds is 10. The molecule has 14 nitrogen and oxygen atoms in total. The number of anilines is 2. The first-order chi connectivity index (χ1) is 28.3. The lowest BCUT2D eigenvalue weighted by atomic mass is 9.73. The first-order valence-corrected chi connectivity index (χ1v) is 19.7. The second-order valence-electron chi connectivity index (χ2n) is 15.0. The van der Waals surface area contributed by atoms with E-state index in [-0.39, 0.29) is 72.8 Å². The van der Waals surface area contributed by atoms with E-state index in [1.807, 2.05) is 42.2 Å². The zero-order chi connectivity index (χ0) is 41.5. The Morgan fingerprint density at radius 1 is 1.05 bits per heavy atom. The van der Waals surface area contributed by atoms with Gasteiger partial charge in [-0.05, 0) is 61.9 Å². The van der Waals surface area contributed by atoms with E-state index in [0.29, 0.717) is 54.7 Å². The number of hydrogen-bond acceptors (Lipinski definition) is 10. The summed E-state index contributed by atoms with van der Waals surface area (Å²) < 4.78 is 54.3. The van der Waals surface area contributed by atoms with Gasteiger partial charge < -0.3 is 29.2 Å². The van der Waals surface area contributed by atoms with Gasteiger partial charge in [0, 0.05) is 31.6 Å². The molecule has 2 fully saturated rings. The van der Waals surface area contributed by atoms with Gasteiger partial charge in [0.15, 0.2) is 17.3 Å². The minimum atomic E-state index is -4.61. The van der Waals surface area contributed by atoms with Crippen LogP contribution in [0, 0.1) is 12.3 Å². The molecule has 3 aromatic heterocycles. The normalized spacial score (nSPS) is 16.5. The molecule has 2 aromatic carbocycles. The van der Waals surface area contributed by atoms with Gasteiger partial charge in [0.25, 0.3) is 11.5 Å². The summed E-state index contributed by atoms with van der Waals surface area (Å²) in [5, 5.41) is 7.03. The molecule has 0 unspecified atom stereocenters. The summed E-state index contributed by atoms with van der Waals surface area (Å²) in [6, 6.07) is 12.2. The average molecular weight is 832 g/mol. The Bertz CT molecular complexity index is 2510. The number of allylic oxidation sites excluding steroid dienone is 2. The molecule has 2 saturated heterocycles. The van der Waals surface area contributed by atoms with Gasteiger partial charge in [-0.25, -0.2) is 9.97 Å². The van der Waals surface area contributed by atoms with Crippen LogP contribution in [-0.2, 0) is 35.3 Å². The minimum absolute atomic E-state index is 0.00304. The third kappa shape index (κ3) is 8.00. The number of fused-ring (bicyclic) bond motifs is 1. The number of carbonyl (C=O) groups is 2. The van der Waals surface area contributed by atoms with Crippen molar-refractivity contribution in [2.24, 2.45) is 5.41 Å². The van der Waals surface area contributed by atoms with Crippen LogP contribution in [-0.4, -0.2) is 85.2 Å². The first-order valence-electron chi connectivity index (χ1n) is 19.3. The van der Waals surface area contributed by atoms with Gasteiger partial charge in [-0.15, -0.1) is 5.10 Å². The molecule has 5 aromatic rings. The van der Waals surface area contributed by atoms with E-state index in [1.165, 1.54) is 10.8 Å². The third-order valence-corrected chi connectivity index (χ3v) is 11.4. The van der Waals surface area contributed by atoms with Gasteiger partial charge >= 0.3 is 6.18 Å². The van der Waals surface area contributed by atoms with Crippen LogP contribution in [0.1, 0.15) is 65.0 Å². The van der Waals surface area contributed by atoms with E-state index in [0.717, 1.165) is 42.2 Å². The molecule has 0 bridgehead atoms. The Morgan fingerprint density at radius 2 is 1.81 bits per heavy atom. The number of alkyl halides is 3. The van der Waals surface area contributed by atoms with Gasteiger partial charge in [0.2, 0.25) is 11.7 Å². The maximum Gasteiger partial charge on any atom is 0.416 e. The molecule has 3 aliphatic rings. The van der Waals surface area contributed by atoms with Crippen molar-refractivity contribution in [1.29, 1.82) is 0 Å². The molecule has 308 valence electrons. The highest BCUT2D eigenvalue weighted by Gasteiger charge is 2.40. The highest BCUT2D eigenvalue weighted by molar-refractivity contribution is 6.33. The lowest BCUT2D eigenvalue weighted by molar-refractivity contribution is -0.137. The van der Waals surface area contributed by atoms with Crippen LogP contribution in [0.5, 0.6) is 5.75 Å². The Kier molecular flexibility index (Phi) is 10.9. The summed E-state index contributed by atoms with van der Waals surface area (Å²) in [5.41, 5.74) is 2.01. The molecule has 1 spiro atoms. The number of halogens is 4. The quantitative estimate of drug-likeness (QED) is 0.178. The van der Waals surface area contributed by atoms with Crippen LogP contribution >= 0.6 is 11.6 Å². The Hall–Kier alpha value is -5.81. The number of carbonyl (C=O) groups excluding carboxylic acids is 2. The number of piperazine rings is 1. The van der Waals surface area contributed by atoms with Crippen LogP contribution in [0.25, 0.3) is 11.4 Å². The minimum Gasteiger partial charge on any atom is -0.485 e. The summed E-state index contributed by atoms with van der Waals surface area (Å²) in [4.78, 5) is 59.1. The molecule has 18 heteroatoms. The summed E-state index contributed by atoms with van der Waals surface area (Å²) in [6.45, 7) is 5.90. The molecular formula is C41H41ClF3N9O5. The summed E-state index contributed by atoms with van der Waals surface area (Å²) in [6.07, 6.45) is 1.49. The Balaban J connectivity index is 1.09. The van der Waals surface area contributed by atoms with Crippen molar-refractivity contribution < 1.29 is 32.2 Å². The molecule has 59 heavy (non-hydrogen) atoms. The largest absolute Gasteiger partial charge is 0.485 e. The predicted octanol–water partition coefficient (Wildman–Crippen LogP) is 5.99. The standard InChI is InChI=1S/C41H41ClF3N9O5/c1-3-31-34(51-15-17-52(18-16-51)37(56)33-35(25(2)46-24-47-33)59-21-26-7-5-4-6-8-26)38(57)54-39(49-36(50-54)27-11-13-40(14-12-27)22-58-23-40)53(31)20-32(55)48-30-10-9-28(19-29(30)42)41(43,44)45/h4-11,19,24H,3,12-18,20-23H2,1-2H3,(H,48,55). The second-order valence-corrected chi connectivity index (χ2v) is 15.5. The number of aromatic nitrogens is 6. The van der Waals surface area contributed by atoms with E-state index >= 15 is 0 Å².